The molecule has 0 aliphatic rings. The summed E-state index contributed by atoms with van der Waals surface area (Å²) < 4.78 is 18.8. The summed E-state index contributed by atoms with van der Waals surface area (Å²) in [6.45, 7) is 3.02. The highest BCUT2D eigenvalue weighted by atomic mass is 35.5. The van der Waals surface area contributed by atoms with Crippen LogP contribution in [0.25, 0.3) is 0 Å². The Morgan fingerprint density at radius 1 is 1.41 bits per heavy atom. The van der Waals surface area contributed by atoms with Crippen molar-refractivity contribution in [3.05, 3.63) is 29.0 Å². The molecule has 96 valence electrons. The highest BCUT2D eigenvalue weighted by Gasteiger charge is 2.10. The molecule has 1 atom stereocenters. The van der Waals surface area contributed by atoms with Crippen LogP contribution >= 0.6 is 11.6 Å². The van der Waals surface area contributed by atoms with Gasteiger partial charge in [0, 0.05) is 6.07 Å². The molecule has 17 heavy (non-hydrogen) atoms. The Labute approximate surface area is 107 Å². The second-order valence-electron chi connectivity index (χ2n) is 4.00. The van der Waals surface area contributed by atoms with Crippen LogP contribution in [0.5, 0.6) is 5.75 Å². The topological polar surface area (TPSA) is 21.3 Å². The van der Waals surface area contributed by atoms with Crippen LogP contribution in [0.1, 0.15) is 26.2 Å². The third kappa shape index (κ3) is 4.92. The third-order valence-corrected chi connectivity index (χ3v) is 2.81. The first-order chi connectivity index (χ1) is 8.17. The minimum Gasteiger partial charge on any atom is -0.490 e. The molecule has 1 aromatic rings. The van der Waals surface area contributed by atoms with E-state index < -0.39 is 5.82 Å². The quantitative estimate of drug-likeness (QED) is 0.807. The molecule has 0 radical (unpaired) electrons. The molecule has 0 saturated heterocycles. The summed E-state index contributed by atoms with van der Waals surface area (Å²) in [6.07, 6.45) is 3.12. The second-order valence-corrected chi connectivity index (χ2v) is 4.40. The molecule has 0 heterocycles. The van der Waals surface area contributed by atoms with Crippen LogP contribution in [-0.4, -0.2) is 19.7 Å². The lowest BCUT2D eigenvalue weighted by atomic mass is 10.1. The van der Waals surface area contributed by atoms with E-state index in [9.17, 15) is 4.39 Å². The molecule has 0 aliphatic carbocycles. The first-order valence-corrected chi connectivity index (χ1v) is 6.31. The molecule has 4 heteroatoms. The summed E-state index contributed by atoms with van der Waals surface area (Å²) >= 11 is 5.71. The van der Waals surface area contributed by atoms with Gasteiger partial charge in [0.2, 0.25) is 0 Å². The van der Waals surface area contributed by atoms with Gasteiger partial charge in [-0.3, -0.25) is 0 Å². The smallest absolute Gasteiger partial charge is 0.142 e. The highest BCUT2D eigenvalue weighted by molar-refractivity contribution is 6.30. The van der Waals surface area contributed by atoms with E-state index in [1.54, 1.807) is 6.07 Å². The molecule has 0 unspecified atom stereocenters. The standard InChI is InChI=1S/C13H19ClFNO/c1-3-4-10(7-8-16-2)17-11-5-6-13(15)12(14)9-11/h5-6,9-10,16H,3-4,7-8H2,1-2H3/t10-/m1/s1. The van der Waals surface area contributed by atoms with Gasteiger partial charge < -0.3 is 10.1 Å². The number of halogens is 2. The van der Waals surface area contributed by atoms with Crippen molar-refractivity contribution < 1.29 is 9.13 Å². The maximum Gasteiger partial charge on any atom is 0.142 e. The van der Waals surface area contributed by atoms with E-state index in [1.165, 1.54) is 12.1 Å². The van der Waals surface area contributed by atoms with Crippen molar-refractivity contribution in [3.63, 3.8) is 0 Å². The van der Waals surface area contributed by atoms with Crippen LogP contribution in [0.4, 0.5) is 4.39 Å². The molecule has 0 fully saturated rings. The van der Waals surface area contributed by atoms with E-state index >= 15 is 0 Å². The predicted molar refractivity (Wildman–Crippen MR) is 69.3 cm³/mol. The summed E-state index contributed by atoms with van der Waals surface area (Å²) in [5.74, 6) is 0.215. The Hall–Kier alpha value is -0.800. The van der Waals surface area contributed by atoms with Gasteiger partial charge in [-0.2, -0.15) is 0 Å². The van der Waals surface area contributed by atoms with Gasteiger partial charge in [0.25, 0.3) is 0 Å². The average Bonchev–Trinajstić information content (AvgIpc) is 2.31. The zero-order valence-electron chi connectivity index (χ0n) is 10.3. The fourth-order valence-corrected chi connectivity index (χ4v) is 1.80. The largest absolute Gasteiger partial charge is 0.490 e. The fraction of sp³-hybridized carbons (Fsp3) is 0.538. The number of benzene rings is 1. The molecule has 2 nitrogen and oxygen atoms in total. The van der Waals surface area contributed by atoms with E-state index in [-0.39, 0.29) is 11.1 Å². The molecule has 0 aromatic heterocycles. The molecule has 1 aromatic carbocycles. The van der Waals surface area contributed by atoms with Gasteiger partial charge in [0.05, 0.1) is 11.1 Å². The van der Waals surface area contributed by atoms with Crippen LogP contribution in [0.3, 0.4) is 0 Å². The molecule has 0 spiro atoms. The molecular weight excluding hydrogens is 241 g/mol. The molecule has 0 bridgehead atoms. The van der Waals surface area contributed by atoms with Gasteiger partial charge in [-0.15, -0.1) is 0 Å². The number of hydrogen-bond acceptors (Lipinski definition) is 2. The van der Waals surface area contributed by atoms with E-state index in [4.69, 9.17) is 16.3 Å². The van der Waals surface area contributed by atoms with Crippen molar-refractivity contribution in [1.82, 2.24) is 5.32 Å². The van der Waals surface area contributed by atoms with Crippen molar-refractivity contribution >= 4 is 11.6 Å². The fourth-order valence-electron chi connectivity index (χ4n) is 1.63. The summed E-state index contributed by atoms with van der Waals surface area (Å²) in [5.41, 5.74) is 0. The van der Waals surface area contributed by atoms with Gasteiger partial charge in [-0.1, -0.05) is 24.9 Å². The van der Waals surface area contributed by atoms with Crippen LogP contribution in [0.2, 0.25) is 5.02 Å². The van der Waals surface area contributed by atoms with E-state index in [0.29, 0.717) is 5.75 Å². The molecule has 1 rings (SSSR count). The van der Waals surface area contributed by atoms with Crippen molar-refractivity contribution in [2.24, 2.45) is 0 Å². The van der Waals surface area contributed by atoms with Crippen molar-refractivity contribution in [1.29, 1.82) is 0 Å². The monoisotopic (exact) mass is 259 g/mol. The first kappa shape index (κ1) is 14.3. The highest BCUT2D eigenvalue weighted by Crippen LogP contribution is 2.23. The summed E-state index contributed by atoms with van der Waals surface area (Å²) in [4.78, 5) is 0. The van der Waals surface area contributed by atoms with Gasteiger partial charge in [-0.05, 0) is 38.6 Å². The lowest BCUT2D eigenvalue weighted by molar-refractivity contribution is 0.180. The normalized spacial score (nSPS) is 12.5. The van der Waals surface area contributed by atoms with E-state index in [1.807, 2.05) is 7.05 Å². The summed E-state index contributed by atoms with van der Waals surface area (Å²) in [7, 11) is 1.91. The van der Waals surface area contributed by atoms with E-state index in [2.05, 4.69) is 12.2 Å². The molecule has 0 amide bonds. The lowest BCUT2D eigenvalue weighted by Crippen LogP contribution is -2.22. The Kier molecular flexibility index (Phi) is 6.30. The molecular formula is C13H19ClFNO. The maximum absolute atomic E-state index is 13.0. The minimum absolute atomic E-state index is 0.103. The number of rotatable bonds is 7. The van der Waals surface area contributed by atoms with Crippen LogP contribution < -0.4 is 10.1 Å². The Balaban J connectivity index is 2.61. The number of hydrogen-bond donors (Lipinski definition) is 1. The molecule has 0 aliphatic heterocycles. The zero-order chi connectivity index (χ0) is 12.7. The Bertz CT molecular complexity index is 346. The number of nitrogens with one attached hydrogen (secondary N) is 1. The van der Waals surface area contributed by atoms with Crippen molar-refractivity contribution in [2.45, 2.75) is 32.3 Å². The average molecular weight is 260 g/mol. The van der Waals surface area contributed by atoms with Crippen molar-refractivity contribution in [2.75, 3.05) is 13.6 Å². The molecule has 1 N–H and O–H groups in total. The van der Waals surface area contributed by atoms with Crippen LogP contribution in [-0.2, 0) is 0 Å². The molecule has 0 saturated carbocycles. The van der Waals surface area contributed by atoms with Crippen molar-refractivity contribution in [3.8, 4) is 5.75 Å². The SMILES string of the molecule is CCC[C@H](CCNC)Oc1ccc(F)c(Cl)c1. The Morgan fingerprint density at radius 3 is 2.76 bits per heavy atom. The lowest BCUT2D eigenvalue weighted by Gasteiger charge is -2.18. The first-order valence-electron chi connectivity index (χ1n) is 5.93. The van der Waals surface area contributed by atoms with Crippen LogP contribution in [0.15, 0.2) is 18.2 Å². The predicted octanol–water partition coefficient (Wildman–Crippen LogP) is 3.64. The Morgan fingerprint density at radius 2 is 2.18 bits per heavy atom. The third-order valence-electron chi connectivity index (χ3n) is 2.52. The summed E-state index contributed by atoms with van der Waals surface area (Å²) in [6, 6.07) is 4.47. The number of ether oxygens (including phenoxy) is 1. The van der Waals surface area contributed by atoms with Gasteiger partial charge in [0.15, 0.2) is 0 Å². The van der Waals surface area contributed by atoms with Gasteiger partial charge >= 0.3 is 0 Å². The van der Waals surface area contributed by atoms with Gasteiger partial charge in [0.1, 0.15) is 11.6 Å². The van der Waals surface area contributed by atoms with E-state index in [0.717, 1.165) is 25.8 Å². The maximum atomic E-state index is 13.0. The minimum atomic E-state index is -0.415. The van der Waals surface area contributed by atoms with Gasteiger partial charge in [-0.25, -0.2) is 4.39 Å². The van der Waals surface area contributed by atoms with Crippen LogP contribution in [0, 0.1) is 5.82 Å². The zero-order valence-corrected chi connectivity index (χ0v) is 11.1. The second kappa shape index (κ2) is 7.51. The summed E-state index contributed by atoms with van der Waals surface area (Å²) in [5, 5.41) is 3.20.